The highest BCUT2D eigenvalue weighted by atomic mass is 16.5. The molecule has 6 heteroatoms. The van der Waals surface area contributed by atoms with Crippen LogP contribution >= 0.6 is 0 Å². The number of H-pyrrole nitrogens is 1. The summed E-state index contributed by atoms with van der Waals surface area (Å²) in [6.45, 7) is 1.19. The quantitative estimate of drug-likeness (QED) is 0.894. The van der Waals surface area contributed by atoms with Gasteiger partial charge in [-0.05, 0) is 43.7 Å². The summed E-state index contributed by atoms with van der Waals surface area (Å²) in [5.41, 5.74) is 3.95. The molecule has 0 spiro atoms. The minimum Gasteiger partial charge on any atom is -0.497 e. The van der Waals surface area contributed by atoms with Crippen LogP contribution in [0, 0.1) is 5.92 Å². The minimum atomic E-state index is -0.0834. The first-order chi connectivity index (χ1) is 12.2. The summed E-state index contributed by atoms with van der Waals surface area (Å²) in [4.78, 5) is 12.5. The van der Waals surface area contributed by atoms with Crippen LogP contribution in [0.3, 0.4) is 0 Å². The lowest BCUT2D eigenvalue weighted by Crippen LogP contribution is -2.35. The summed E-state index contributed by atoms with van der Waals surface area (Å²) in [6.07, 6.45) is 5.12. The average Bonchev–Trinajstić information content (AvgIpc) is 3.09. The predicted octanol–water partition coefficient (Wildman–Crippen LogP) is 2.28. The van der Waals surface area contributed by atoms with Gasteiger partial charge >= 0.3 is 0 Å². The molecular weight excluding hydrogens is 318 g/mol. The second-order valence-electron chi connectivity index (χ2n) is 6.80. The number of aromatic amines is 1. The van der Waals surface area contributed by atoms with Crippen molar-refractivity contribution < 1.29 is 14.3 Å². The van der Waals surface area contributed by atoms with Gasteiger partial charge in [0.2, 0.25) is 0 Å². The molecule has 1 atom stereocenters. The third-order valence-electron chi connectivity index (χ3n) is 5.08. The second kappa shape index (κ2) is 6.78. The molecule has 0 saturated carbocycles. The van der Waals surface area contributed by atoms with Crippen molar-refractivity contribution >= 4 is 5.91 Å². The number of rotatable bonds is 4. The highest BCUT2D eigenvalue weighted by molar-refractivity contribution is 5.94. The Labute approximate surface area is 146 Å². The molecule has 1 unspecified atom stereocenters. The fourth-order valence-corrected chi connectivity index (χ4v) is 3.66. The molecule has 2 N–H and O–H groups in total. The number of nitrogens with one attached hydrogen (secondary N) is 2. The fourth-order valence-electron chi connectivity index (χ4n) is 3.66. The summed E-state index contributed by atoms with van der Waals surface area (Å²) in [6, 6.07) is 5.89. The molecule has 1 aliphatic carbocycles. The molecule has 132 valence electrons. The zero-order valence-corrected chi connectivity index (χ0v) is 14.4. The Bertz CT molecular complexity index is 784. The number of hydrogen-bond donors (Lipinski definition) is 2. The normalized spacial score (nSPS) is 18.7. The summed E-state index contributed by atoms with van der Waals surface area (Å²) < 4.78 is 11.1. The van der Waals surface area contributed by atoms with Gasteiger partial charge in [0.25, 0.3) is 5.91 Å². The van der Waals surface area contributed by atoms with E-state index >= 15 is 0 Å². The molecule has 0 bridgehead atoms. The average molecular weight is 341 g/mol. The minimum absolute atomic E-state index is 0.0834. The lowest BCUT2D eigenvalue weighted by atomic mass is 9.95. The van der Waals surface area contributed by atoms with E-state index in [0.29, 0.717) is 18.8 Å². The highest BCUT2D eigenvalue weighted by Gasteiger charge is 2.24. The van der Waals surface area contributed by atoms with Crippen molar-refractivity contribution in [3.63, 3.8) is 0 Å². The molecule has 0 fully saturated rings. The van der Waals surface area contributed by atoms with Crippen LogP contribution in [-0.2, 0) is 19.3 Å². The van der Waals surface area contributed by atoms with Gasteiger partial charge < -0.3 is 14.8 Å². The largest absolute Gasteiger partial charge is 0.497 e. The fraction of sp³-hybridized carbons (Fsp3) is 0.474. The molecule has 2 aliphatic rings. The van der Waals surface area contributed by atoms with E-state index in [1.165, 1.54) is 6.42 Å². The highest BCUT2D eigenvalue weighted by Crippen LogP contribution is 2.30. The number of benzene rings is 1. The molecule has 0 radical (unpaired) electrons. The van der Waals surface area contributed by atoms with Crippen molar-refractivity contribution in [3.8, 4) is 11.5 Å². The van der Waals surface area contributed by atoms with Crippen molar-refractivity contribution in [2.45, 2.75) is 32.1 Å². The topological polar surface area (TPSA) is 76.2 Å². The first kappa shape index (κ1) is 16.0. The number of amides is 1. The maximum Gasteiger partial charge on any atom is 0.272 e. The Morgan fingerprint density at radius 3 is 3.16 bits per heavy atom. The lowest BCUT2D eigenvalue weighted by molar-refractivity contribution is 0.0933. The van der Waals surface area contributed by atoms with E-state index in [4.69, 9.17) is 9.47 Å². The van der Waals surface area contributed by atoms with E-state index in [9.17, 15) is 4.79 Å². The van der Waals surface area contributed by atoms with E-state index in [0.717, 1.165) is 54.0 Å². The molecular formula is C19H23N3O3. The van der Waals surface area contributed by atoms with Crippen molar-refractivity contribution in [2.75, 3.05) is 20.3 Å². The Balaban J connectivity index is 1.37. The van der Waals surface area contributed by atoms with Gasteiger partial charge in [-0.25, -0.2) is 0 Å². The van der Waals surface area contributed by atoms with Crippen LogP contribution in [0.1, 0.15) is 40.2 Å². The molecule has 1 aliphatic heterocycles. The van der Waals surface area contributed by atoms with Crippen LogP contribution in [0.4, 0.5) is 0 Å². The third kappa shape index (κ3) is 3.21. The van der Waals surface area contributed by atoms with Crippen LogP contribution in [0.25, 0.3) is 0 Å². The zero-order valence-electron chi connectivity index (χ0n) is 14.4. The Morgan fingerprint density at radius 1 is 1.40 bits per heavy atom. The second-order valence-corrected chi connectivity index (χ2v) is 6.80. The summed E-state index contributed by atoms with van der Waals surface area (Å²) >= 11 is 0. The van der Waals surface area contributed by atoms with Gasteiger partial charge in [0.1, 0.15) is 11.5 Å². The van der Waals surface area contributed by atoms with Crippen molar-refractivity contribution in [1.82, 2.24) is 15.5 Å². The number of hydrogen-bond acceptors (Lipinski definition) is 4. The number of aromatic nitrogens is 2. The van der Waals surface area contributed by atoms with Crippen molar-refractivity contribution in [2.24, 2.45) is 5.92 Å². The molecule has 25 heavy (non-hydrogen) atoms. The zero-order chi connectivity index (χ0) is 17.2. The third-order valence-corrected chi connectivity index (χ3v) is 5.08. The molecule has 6 nitrogen and oxygen atoms in total. The Morgan fingerprint density at radius 2 is 2.28 bits per heavy atom. The number of nitrogens with zero attached hydrogens (tertiary/aromatic N) is 1. The Hall–Kier alpha value is -2.50. The monoisotopic (exact) mass is 341 g/mol. The maximum absolute atomic E-state index is 12.5. The smallest absolute Gasteiger partial charge is 0.272 e. The SMILES string of the molecule is COc1ccc2c(c1)OCC(CNC(=O)c1n[nH]c3c1CCCC3)C2. The van der Waals surface area contributed by atoms with Crippen LogP contribution in [0.2, 0.25) is 0 Å². The van der Waals surface area contributed by atoms with Gasteiger partial charge in [-0.2, -0.15) is 5.10 Å². The van der Waals surface area contributed by atoms with Crippen LogP contribution < -0.4 is 14.8 Å². The molecule has 2 aromatic rings. The van der Waals surface area contributed by atoms with E-state index < -0.39 is 0 Å². The molecule has 0 saturated heterocycles. The standard InChI is InChI=1S/C19H23N3O3/c1-24-14-7-6-13-8-12(11-25-17(13)9-14)10-20-19(23)18-15-4-2-3-5-16(15)21-22-18/h6-7,9,12H,2-5,8,10-11H2,1H3,(H,20,23)(H,21,22). The summed E-state index contributed by atoms with van der Waals surface area (Å²) in [5, 5.41) is 10.3. The van der Waals surface area contributed by atoms with Crippen LogP contribution in [-0.4, -0.2) is 36.4 Å². The van der Waals surface area contributed by atoms with Crippen LogP contribution in [0.5, 0.6) is 11.5 Å². The van der Waals surface area contributed by atoms with E-state index in [-0.39, 0.29) is 11.8 Å². The van der Waals surface area contributed by atoms with Crippen molar-refractivity contribution in [1.29, 1.82) is 0 Å². The number of carbonyl (C=O) groups is 1. The van der Waals surface area contributed by atoms with Gasteiger partial charge in [0, 0.05) is 29.8 Å². The van der Waals surface area contributed by atoms with E-state index in [2.05, 4.69) is 15.5 Å². The first-order valence-corrected chi connectivity index (χ1v) is 8.88. The number of methoxy groups -OCH3 is 1. The maximum atomic E-state index is 12.5. The molecule has 2 heterocycles. The number of fused-ring (bicyclic) bond motifs is 2. The summed E-state index contributed by atoms with van der Waals surface area (Å²) in [5.74, 6) is 1.86. The van der Waals surface area contributed by atoms with Crippen molar-refractivity contribution in [3.05, 3.63) is 40.7 Å². The molecule has 1 aromatic carbocycles. The molecule has 1 aromatic heterocycles. The molecule has 1 amide bonds. The molecule has 4 rings (SSSR count). The number of aryl methyl sites for hydroxylation is 1. The summed E-state index contributed by atoms with van der Waals surface area (Å²) in [7, 11) is 1.65. The van der Waals surface area contributed by atoms with Gasteiger partial charge in [0.05, 0.1) is 13.7 Å². The van der Waals surface area contributed by atoms with Gasteiger partial charge in [-0.15, -0.1) is 0 Å². The van der Waals surface area contributed by atoms with Crippen LogP contribution in [0.15, 0.2) is 18.2 Å². The number of carbonyl (C=O) groups excluding carboxylic acids is 1. The van der Waals surface area contributed by atoms with Gasteiger partial charge in [-0.3, -0.25) is 9.89 Å². The van der Waals surface area contributed by atoms with Gasteiger partial charge in [0.15, 0.2) is 5.69 Å². The van der Waals surface area contributed by atoms with E-state index in [1.807, 2.05) is 18.2 Å². The predicted molar refractivity (Wildman–Crippen MR) is 93.2 cm³/mol. The van der Waals surface area contributed by atoms with E-state index in [1.54, 1.807) is 7.11 Å². The number of ether oxygens (including phenoxy) is 2. The Kier molecular flexibility index (Phi) is 4.34. The first-order valence-electron chi connectivity index (χ1n) is 8.88. The van der Waals surface area contributed by atoms with Gasteiger partial charge in [-0.1, -0.05) is 6.07 Å². The lowest BCUT2D eigenvalue weighted by Gasteiger charge is -2.25.